The highest BCUT2D eigenvalue weighted by molar-refractivity contribution is 6.01. The number of halogens is 4. The number of Topliss-reactive ketones (excluding diaryl/α,β-unsaturated/α-hetero) is 1. The SMILES string of the molecule is C[C@@H](CC(=O)c1cc(C(=O)NCC(F)(F)F)c2n1CCOC2)c1ccc(F)cc1. The van der Waals surface area contributed by atoms with Crippen LogP contribution in [0, 0.1) is 5.82 Å². The van der Waals surface area contributed by atoms with Crippen LogP contribution in [0.5, 0.6) is 0 Å². The lowest BCUT2D eigenvalue weighted by Gasteiger charge is -2.20. The van der Waals surface area contributed by atoms with Gasteiger partial charge in [-0.1, -0.05) is 19.1 Å². The van der Waals surface area contributed by atoms with Crippen molar-refractivity contribution in [3.8, 4) is 0 Å². The molecule has 1 N–H and O–H groups in total. The van der Waals surface area contributed by atoms with Crippen molar-refractivity contribution >= 4 is 11.7 Å². The number of hydrogen-bond acceptors (Lipinski definition) is 3. The Hall–Kier alpha value is -2.68. The highest BCUT2D eigenvalue weighted by atomic mass is 19.4. The number of carbonyl (C=O) groups is 2. The second kappa shape index (κ2) is 8.36. The molecule has 0 fully saturated rings. The minimum absolute atomic E-state index is 0.00624. The molecule has 2 heterocycles. The smallest absolute Gasteiger partial charge is 0.373 e. The highest BCUT2D eigenvalue weighted by Crippen LogP contribution is 2.26. The van der Waals surface area contributed by atoms with Crippen molar-refractivity contribution < 1.29 is 31.9 Å². The lowest BCUT2D eigenvalue weighted by molar-refractivity contribution is -0.123. The summed E-state index contributed by atoms with van der Waals surface area (Å²) in [5.41, 5.74) is 1.44. The molecule has 1 aliphatic rings. The molecule has 1 aliphatic heterocycles. The van der Waals surface area contributed by atoms with Crippen LogP contribution in [0.1, 0.15) is 51.4 Å². The molecule has 3 rings (SSSR count). The predicted octanol–water partition coefficient (Wildman–Crippen LogP) is 3.83. The van der Waals surface area contributed by atoms with E-state index in [1.165, 1.54) is 18.2 Å². The van der Waals surface area contributed by atoms with Gasteiger partial charge in [0.25, 0.3) is 5.91 Å². The molecule has 2 aromatic rings. The Morgan fingerprint density at radius 1 is 1.24 bits per heavy atom. The van der Waals surface area contributed by atoms with Crippen LogP contribution >= 0.6 is 0 Å². The Morgan fingerprint density at radius 2 is 1.93 bits per heavy atom. The number of fused-ring (bicyclic) bond motifs is 1. The monoisotopic (exact) mass is 412 g/mol. The molecule has 156 valence electrons. The molecule has 1 aromatic heterocycles. The fourth-order valence-electron chi connectivity index (χ4n) is 3.32. The first-order valence-corrected chi connectivity index (χ1v) is 9.09. The normalized spacial score (nSPS) is 14.9. The van der Waals surface area contributed by atoms with E-state index < -0.39 is 18.6 Å². The van der Waals surface area contributed by atoms with Crippen LogP contribution in [0.15, 0.2) is 30.3 Å². The summed E-state index contributed by atoms with van der Waals surface area (Å²) in [5, 5.41) is 1.83. The van der Waals surface area contributed by atoms with Crippen molar-refractivity contribution in [1.82, 2.24) is 9.88 Å². The molecule has 0 aliphatic carbocycles. The van der Waals surface area contributed by atoms with Crippen molar-refractivity contribution in [3.63, 3.8) is 0 Å². The van der Waals surface area contributed by atoms with Crippen LogP contribution in [0.25, 0.3) is 0 Å². The molecule has 0 saturated carbocycles. The summed E-state index contributed by atoms with van der Waals surface area (Å²) in [7, 11) is 0. The lowest BCUT2D eigenvalue weighted by Crippen LogP contribution is -2.34. The Bertz CT molecular complexity index is 904. The number of ketones is 1. The maximum Gasteiger partial charge on any atom is 0.405 e. The quantitative estimate of drug-likeness (QED) is 0.580. The first kappa shape index (κ1) is 21.0. The van der Waals surface area contributed by atoms with E-state index in [4.69, 9.17) is 4.74 Å². The molecule has 0 bridgehead atoms. The predicted molar refractivity (Wildman–Crippen MR) is 96.2 cm³/mol. The standard InChI is InChI=1S/C20H20F4N2O3/c1-12(13-2-4-14(21)5-3-13)8-18(27)16-9-15(17-10-29-7-6-26(16)17)19(28)25-11-20(22,23)24/h2-5,9,12H,6-8,10-11H2,1H3,(H,25,28)/t12-/m0/s1. The van der Waals surface area contributed by atoms with Crippen LogP contribution in [-0.4, -0.2) is 35.6 Å². The van der Waals surface area contributed by atoms with Gasteiger partial charge < -0.3 is 14.6 Å². The molecule has 5 nitrogen and oxygen atoms in total. The summed E-state index contributed by atoms with van der Waals surface area (Å²) in [6.07, 6.45) is -4.42. The number of nitrogens with one attached hydrogen (secondary N) is 1. The minimum atomic E-state index is -4.53. The van der Waals surface area contributed by atoms with Crippen LogP contribution in [-0.2, 0) is 17.9 Å². The average Bonchev–Trinajstić information content (AvgIpc) is 3.06. The van der Waals surface area contributed by atoms with E-state index in [0.717, 1.165) is 5.56 Å². The zero-order valence-corrected chi connectivity index (χ0v) is 15.7. The average molecular weight is 412 g/mol. The maximum atomic E-state index is 13.1. The zero-order chi connectivity index (χ0) is 21.2. The van der Waals surface area contributed by atoms with Gasteiger partial charge in [-0.2, -0.15) is 13.2 Å². The van der Waals surface area contributed by atoms with E-state index >= 15 is 0 Å². The molecule has 0 saturated heterocycles. The van der Waals surface area contributed by atoms with Crippen LogP contribution in [0.3, 0.4) is 0 Å². The number of benzene rings is 1. The summed E-state index contributed by atoms with van der Waals surface area (Å²) in [6.45, 7) is 1.07. The fourth-order valence-corrected chi connectivity index (χ4v) is 3.32. The van der Waals surface area contributed by atoms with Crippen LogP contribution in [0.2, 0.25) is 0 Å². The van der Waals surface area contributed by atoms with Gasteiger partial charge in [0, 0.05) is 13.0 Å². The molecule has 0 spiro atoms. The summed E-state index contributed by atoms with van der Waals surface area (Å²) in [5.74, 6) is -1.72. The summed E-state index contributed by atoms with van der Waals surface area (Å²) >= 11 is 0. The van der Waals surface area contributed by atoms with Gasteiger partial charge in [0.2, 0.25) is 0 Å². The van der Waals surface area contributed by atoms with Gasteiger partial charge in [-0.15, -0.1) is 0 Å². The van der Waals surface area contributed by atoms with Crippen molar-refractivity contribution in [2.24, 2.45) is 0 Å². The van der Waals surface area contributed by atoms with Crippen molar-refractivity contribution in [3.05, 3.63) is 58.7 Å². The third-order valence-corrected chi connectivity index (χ3v) is 4.82. The van der Waals surface area contributed by atoms with Gasteiger partial charge in [0.15, 0.2) is 5.78 Å². The summed E-state index contributed by atoms with van der Waals surface area (Å²) < 4.78 is 57.3. The van der Waals surface area contributed by atoms with E-state index in [-0.39, 0.29) is 41.8 Å². The molecule has 0 radical (unpaired) electrons. The van der Waals surface area contributed by atoms with Gasteiger partial charge >= 0.3 is 6.18 Å². The Labute approximate surface area is 164 Å². The third kappa shape index (κ3) is 5.03. The van der Waals surface area contributed by atoms with E-state index in [1.54, 1.807) is 16.7 Å². The molecule has 1 aromatic carbocycles. The number of ether oxygens (including phenoxy) is 1. The van der Waals surface area contributed by atoms with Crippen molar-refractivity contribution in [2.45, 2.75) is 38.6 Å². The number of amides is 1. The number of carbonyl (C=O) groups excluding carboxylic acids is 2. The molecule has 1 atom stereocenters. The van der Waals surface area contributed by atoms with E-state index in [0.29, 0.717) is 18.8 Å². The number of alkyl halides is 3. The van der Waals surface area contributed by atoms with E-state index in [2.05, 4.69) is 0 Å². The number of rotatable bonds is 6. The lowest BCUT2D eigenvalue weighted by atomic mass is 9.94. The second-order valence-electron chi connectivity index (χ2n) is 6.97. The Kier molecular flexibility index (Phi) is 6.07. The molecular weight excluding hydrogens is 392 g/mol. The van der Waals surface area contributed by atoms with E-state index in [9.17, 15) is 27.2 Å². The Balaban J connectivity index is 1.81. The minimum Gasteiger partial charge on any atom is -0.373 e. The number of nitrogens with zero attached hydrogens (tertiary/aromatic N) is 1. The number of aromatic nitrogens is 1. The highest BCUT2D eigenvalue weighted by Gasteiger charge is 2.31. The molecule has 0 unspecified atom stereocenters. The van der Waals surface area contributed by atoms with Crippen molar-refractivity contribution in [1.29, 1.82) is 0 Å². The van der Waals surface area contributed by atoms with Crippen molar-refractivity contribution in [2.75, 3.05) is 13.2 Å². The first-order valence-electron chi connectivity index (χ1n) is 9.09. The zero-order valence-electron chi connectivity index (χ0n) is 15.7. The molecule has 9 heteroatoms. The molecular formula is C20H20F4N2O3. The van der Waals surface area contributed by atoms with Gasteiger partial charge in [-0.25, -0.2) is 4.39 Å². The largest absolute Gasteiger partial charge is 0.405 e. The second-order valence-corrected chi connectivity index (χ2v) is 6.97. The summed E-state index contributed by atoms with van der Waals surface area (Å²) in [6, 6.07) is 7.16. The fraction of sp³-hybridized carbons (Fsp3) is 0.400. The maximum absolute atomic E-state index is 13.1. The third-order valence-electron chi connectivity index (χ3n) is 4.82. The molecule has 1 amide bonds. The van der Waals surface area contributed by atoms with Crippen LogP contribution < -0.4 is 5.32 Å². The van der Waals surface area contributed by atoms with Gasteiger partial charge in [0.1, 0.15) is 12.4 Å². The van der Waals surface area contributed by atoms with Crippen LogP contribution in [0.4, 0.5) is 17.6 Å². The topological polar surface area (TPSA) is 60.3 Å². The summed E-state index contributed by atoms with van der Waals surface area (Å²) in [4.78, 5) is 25.1. The number of hydrogen-bond donors (Lipinski definition) is 1. The van der Waals surface area contributed by atoms with Gasteiger partial charge in [0.05, 0.1) is 30.2 Å². The molecule has 29 heavy (non-hydrogen) atoms. The first-order chi connectivity index (χ1) is 13.7. The van der Waals surface area contributed by atoms with Gasteiger partial charge in [-0.3, -0.25) is 9.59 Å². The Morgan fingerprint density at radius 3 is 2.59 bits per heavy atom. The van der Waals surface area contributed by atoms with Gasteiger partial charge in [-0.05, 0) is 29.7 Å². The van der Waals surface area contributed by atoms with E-state index in [1.807, 2.05) is 12.2 Å².